The molecule has 0 aliphatic carbocycles. The van der Waals surface area contributed by atoms with Crippen LogP contribution in [-0.2, 0) is 12.0 Å². The summed E-state index contributed by atoms with van der Waals surface area (Å²) in [6, 6.07) is 0.536. The first-order valence-electron chi connectivity index (χ1n) is 6.24. The van der Waals surface area contributed by atoms with Crippen LogP contribution in [0.5, 0.6) is 0 Å². The molecule has 1 aliphatic rings. The molecule has 2 rings (SSSR count). The quantitative estimate of drug-likeness (QED) is 0.838. The van der Waals surface area contributed by atoms with E-state index >= 15 is 0 Å². The zero-order valence-corrected chi connectivity index (χ0v) is 11.2. The highest BCUT2D eigenvalue weighted by atomic mass is 16.4. The van der Waals surface area contributed by atoms with Crippen LogP contribution in [0.4, 0.5) is 0 Å². The molecule has 17 heavy (non-hydrogen) atoms. The lowest BCUT2D eigenvalue weighted by atomic mass is 9.97. The third-order valence-electron chi connectivity index (χ3n) is 2.92. The van der Waals surface area contributed by atoms with Crippen molar-refractivity contribution in [3.8, 4) is 0 Å². The molecule has 0 unspecified atom stereocenters. The largest absolute Gasteiger partial charge is 0.423 e. The summed E-state index contributed by atoms with van der Waals surface area (Å²) >= 11 is 0. The highest BCUT2D eigenvalue weighted by Crippen LogP contribution is 2.20. The molecule has 5 nitrogen and oxygen atoms in total. The Morgan fingerprint density at radius 2 is 2.18 bits per heavy atom. The van der Waals surface area contributed by atoms with Gasteiger partial charge in [-0.1, -0.05) is 20.8 Å². The van der Waals surface area contributed by atoms with Crippen LogP contribution in [0.2, 0.25) is 0 Å². The van der Waals surface area contributed by atoms with Gasteiger partial charge in [-0.2, -0.15) is 0 Å². The number of nitrogens with one attached hydrogen (secondary N) is 1. The molecule has 0 aromatic carbocycles. The van der Waals surface area contributed by atoms with E-state index in [0.717, 1.165) is 38.0 Å². The fourth-order valence-corrected chi connectivity index (χ4v) is 1.97. The molecule has 5 heteroatoms. The molecule has 1 fully saturated rings. The Morgan fingerprint density at radius 3 is 2.76 bits per heavy atom. The Kier molecular flexibility index (Phi) is 3.49. The predicted molar refractivity (Wildman–Crippen MR) is 65.7 cm³/mol. The van der Waals surface area contributed by atoms with E-state index in [-0.39, 0.29) is 5.41 Å². The number of piperazine rings is 1. The summed E-state index contributed by atoms with van der Waals surface area (Å²) in [6.45, 7) is 12.3. The van der Waals surface area contributed by atoms with Gasteiger partial charge in [-0.05, 0) is 6.92 Å². The summed E-state index contributed by atoms with van der Waals surface area (Å²) in [5.74, 6) is 1.44. The van der Waals surface area contributed by atoms with Gasteiger partial charge < -0.3 is 9.73 Å². The van der Waals surface area contributed by atoms with E-state index in [1.165, 1.54) is 0 Å². The topological polar surface area (TPSA) is 54.2 Å². The Hall–Kier alpha value is -0.940. The summed E-state index contributed by atoms with van der Waals surface area (Å²) in [5, 5.41) is 11.7. The van der Waals surface area contributed by atoms with Crippen molar-refractivity contribution in [3.05, 3.63) is 11.8 Å². The number of aromatic nitrogens is 2. The molecule has 1 aromatic rings. The van der Waals surface area contributed by atoms with E-state index in [9.17, 15) is 0 Å². The lowest BCUT2D eigenvalue weighted by Crippen LogP contribution is -2.48. The molecule has 1 aromatic heterocycles. The molecule has 1 aliphatic heterocycles. The van der Waals surface area contributed by atoms with Crippen molar-refractivity contribution in [1.29, 1.82) is 0 Å². The number of hydrogen-bond acceptors (Lipinski definition) is 5. The van der Waals surface area contributed by atoms with Gasteiger partial charge in [-0.25, -0.2) is 0 Å². The number of nitrogens with zero attached hydrogens (tertiary/aromatic N) is 3. The minimum absolute atomic E-state index is 0.0675. The monoisotopic (exact) mass is 238 g/mol. The third kappa shape index (κ3) is 3.26. The van der Waals surface area contributed by atoms with Gasteiger partial charge in [0.2, 0.25) is 11.8 Å². The molecule has 0 radical (unpaired) electrons. The summed E-state index contributed by atoms with van der Waals surface area (Å²) < 4.78 is 5.70. The highest BCUT2D eigenvalue weighted by molar-refractivity contribution is 4.96. The van der Waals surface area contributed by atoms with Crippen molar-refractivity contribution in [2.75, 3.05) is 19.6 Å². The average Bonchev–Trinajstić information content (AvgIpc) is 2.65. The molecule has 1 atom stereocenters. The summed E-state index contributed by atoms with van der Waals surface area (Å²) in [5.41, 5.74) is -0.0675. The fraction of sp³-hybridized carbons (Fsp3) is 0.833. The van der Waals surface area contributed by atoms with E-state index in [4.69, 9.17) is 4.42 Å². The minimum Gasteiger partial charge on any atom is -0.423 e. The number of hydrogen-bond donors (Lipinski definition) is 1. The minimum atomic E-state index is -0.0675. The molecular formula is C12H22N4O. The molecular weight excluding hydrogens is 216 g/mol. The van der Waals surface area contributed by atoms with Gasteiger partial charge in [0, 0.05) is 31.1 Å². The SMILES string of the molecule is C[C@@H]1CN(Cc2nnc(C(C)(C)C)o2)CCN1. The van der Waals surface area contributed by atoms with Crippen LogP contribution in [0, 0.1) is 0 Å². The van der Waals surface area contributed by atoms with Crippen molar-refractivity contribution in [2.24, 2.45) is 0 Å². The molecule has 1 saturated heterocycles. The van der Waals surface area contributed by atoms with Crippen LogP contribution in [0.3, 0.4) is 0 Å². The van der Waals surface area contributed by atoms with Crippen LogP contribution in [0.1, 0.15) is 39.5 Å². The van der Waals surface area contributed by atoms with Crippen LogP contribution in [0.25, 0.3) is 0 Å². The maximum Gasteiger partial charge on any atom is 0.230 e. The summed E-state index contributed by atoms with van der Waals surface area (Å²) in [7, 11) is 0. The van der Waals surface area contributed by atoms with E-state index < -0.39 is 0 Å². The van der Waals surface area contributed by atoms with E-state index in [0.29, 0.717) is 6.04 Å². The highest BCUT2D eigenvalue weighted by Gasteiger charge is 2.23. The Bertz CT molecular complexity index is 369. The standard InChI is InChI=1S/C12H22N4O/c1-9-7-16(6-5-13-9)8-10-14-15-11(17-10)12(2,3)4/h9,13H,5-8H2,1-4H3/t9-/m1/s1. The zero-order chi connectivity index (χ0) is 12.5. The van der Waals surface area contributed by atoms with Gasteiger partial charge in [0.25, 0.3) is 0 Å². The van der Waals surface area contributed by atoms with Crippen molar-refractivity contribution in [3.63, 3.8) is 0 Å². The van der Waals surface area contributed by atoms with Gasteiger partial charge in [-0.15, -0.1) is 10.2 Å². The second kappa shape index (κ2) is 4.74. The van der Waals surface area contributed by atoms with E-state index in [1.807, 2.05) is 0 Å². The first kappa shape index (κ1) is 12.5. The average molecular weight is 238 g/mol. The molecule has 2 heterocycles. The van der Waals surface area contributed by atoms with Crippen LogP contribution < -0.4 is 5.32 Å². The lowest BCUT2D eigenvalue weighted by Gasteiger charge is -2.30. The van der Waals surface area contributed by atoms with Crippen molar-refractivity contribution >= 4 is 0 Å². The summed E-state index contributed by atoms with van der Waals surface area (Å²) in [4.78, 5) is 2.35. The normalized spacial score (nSPS) is 22.9. The van der Waals surface area contributed by atoms with Crippen molar-refractivity contribution < 1.29 is 4.42 Å². The summed E-state index contributed by atoms with van der Waals surface area (Å²) in [6.07, 6.45) is 0. The zero-order valence-electron chi connectivity index (χ0n) is 11.2. The molecule has 0 spiro atoms. The van der Waals surface area contributed by atoms with Crippen LogP contribution in [0.15, 0.2) is 4.42 Å². The van der Waals surface area contributed by atoms with E-state index in [1.54, 1.807) is 0 Å². The van der Waals surface area contributed by atoms with Gasteiger partial charge in [0.1, 0.15) is 0 Å². The molecule has 1 N–H and O–H groups in total. The molecule has 0 bridgehead atoms. The maximum absolute atomic E-state index is 5.70. The first-order valence-corrected chi connectivity index (χ1v) is 6.24. The fourth-order valence-electron chi connectivity index (χ4n) is 1.97. The Morgan fingerprint density at radius 1 is 1.41 bits per heavy atom. The van der Waals surface area contributed by atoms with Crippen molar-refractivity contribution in [2.45, 2.75) is 45.7 Å². The van der Waals surface area contributed by atoms with Crippen LogP contribution in [-0.4, -0.2) is 40.8 Å². The van der Waals surface area contributed by atoms with Gasteiger partial charge in [-0.3, -0.25) is 4.90 Å². The Balaban J connectivity index is 1.97. The maximum atomic E-state index is 5.70. The predicted octanol–water partition coefficient (Wildman–Crippen LogP) is 1.16. The smallest absolute Gasteiger partial charge is 0.230 e. The number of rotatable bonds is 2. The third-order valence-corrected chi connectivity index (χ3v) is 2.92. The van der Waals surface area contributed by atoms with Crippen molar-refractivity contribution in [1.82, 2.24) is 20.4 Å². The lowest BCUT2D eigenvalue weighted by molar-refractivity contribution is 0.180. The molecule has 96 valence electrons. The van der Waals surface area contributed by atoms with E-state index in [2.05, 4.69) is 48.1 Å². The first-order chi connectivity index (χ1) is 7.95. The van der Waals surface area contributed by atoms with Gasteiger partial charge in [0.05, 0.1) is 6.54 Å². The van der Waals surface area contributed by atoms with Gasteiger partial charge >= 0.3 is 0 Å². The van der Waals surface area contributed by atoms with Crippen LogP contribution >= 0.6 is 0 Å². The Labute approximate surface area is 103 Å². The molecule has 0 amide bonds. The van der Waals surface area contributed by atoms with Gasteiger partial charge in [0.15, 0.2) is 0 Å². The molecule has 0 saturated carbocycles. The second-order valence-electron chi connectivity index (χ2n) is 5.84. The second-order valence-corrected chi connectivity index (χ2v) is 5.84.